The SMILES string of the molecule is CC1=C2C=CCCC2C(C)c2ccccc21. The van der Waals surface area contributed by atoms with Crippen LogP contribution in [0.25, 0.3) is 5.57 Å². The minimum atomic E-state index is 0.680. The Hall–Kier alpha value is -1.30. The first kappa shape index (κ1) is 9.89. The third-order valence-corrected chi connectivity index (χ3v) is 4.23. The van der Waals surface area contributed by atoms with Crippen molar-refractivity contribution in [3.63, 3.8) is 0 Å². The quantitative estimate of drug-likeness (QED) is 0.589. The Morgan fingerprint density at radius 3 is 2.88 bits per heavy atom. The van der Waals surface area contributed by atoms with Gasteiger partial charge in [-0.2, -0.15) is 0 Å². The third kappa shape index (κ3) is 1.29. The first-order valence-corrected chi connectivity index (χ1v) is 6.25. The molecule has 0 fully saturated rings. The van der Waals surface area contributed by atoms with Gasteiger partial charge in [0.1, 0.15) is 0 Å². The molecule has 3 rings (SSSR count). The molecule has 0 saturated heterocycles. The fraction of sp³-hybridized carbons (Fsp3) is 0.375. The average Bonchev–Trinajstić information content (AvgIpc) is 2.36. The van der Waals surface area contributed by atoms with Gasteiger partial charge in [0, 0.05) is 0 Å². The number of hydrogen-bond donors (Lipinski definition) is 0. The van der Waals surface area contributed by atoms with Crippen molar-refractivity contribution in [1.82, 2.24) is 0 Å². The Bertz CT molecular complexity index is 477. The lowest BCUT2D eigenvalue weighted by atomic mass is 9.69. The van der Waals surface area contributed by atoms with Crippen molar-refractivity contribution in [3.05, 3.63) is 53.1 Å². The van der Waals surface area contributed by atoms with Gasteiger partial charge in [-0.15, -0.1) is 0 Å². The molecule has 2 atom stereocenters. The summed E-state index contributed by atoms with van der Waals surface area (Å²) >= 11 is 0. The van der Waals surface area contributed by atoms with Gasteiger partial charge in [0.15, 0.2) is 0 Å². The molecule has 0 bridgehead atoms. The molecule has 2 aliphatic carbocycles. The minimum absolute atomic E-state index is 0.680. The highest BCUT2D eigenvalue weighted by Gasteiger charge is 2.30. The van der Waals surface area contributed by atoms with E-state index in [0.29, 0.717) is 5.92 Å². The molecule has 1 aromatic carbocycles. The molecule has 0 N–H and O–H groups in total. The van der Waals surface area contributed by atoms with Crippen molar-refractivity contribution >= 4 is 5.57 Å². The molecule has 82 valence electrons. The Balaban J connectivity index is 2.24. The standard InChI is InChI=1S/C16H18/c1-11-13-7-3-5-9-15(13)12(2)16-10-6-4-8-14(11)16/h3-5,7-9,12,16H,6,10H2,1-2H3. The van der Waals surface area contributed by atoms with E-state index >= 15 is 0 Å². The molecule has 0 aliphatic heterocycles. The third-order valence-electron chi connectivity index (χ3n) is 4.23. The van der Waals surface area contributed by atoms with Crippen molar-refractivity contribution in [3.8, 4) is 0 Å². The Morgan fingerprint density at radius 1 is 1.19 bits per heavy atom. The fourth-order valence-electron chi connectivity index (χ4n) is 3.30. The summed E-state index contributed by atoms with van der Waals surface area (Å²) in [5.74, 6) is 1.43. The van der Waals surface area contributed by atoms with Crippen LogP contribution in [-0.2, 0) is 0 Å². The van der Waals surface area contributed by atoms with E-state index in [0.717, 1.165) is 5.92 Å². The van der Waals surface area contributed by atoms with Crippen LogP contribution in [-0.4, -0.2) is 0 Å². The van der Waals surface area contributed by atoms with Gasteiger partial charge in [-0.1, -0.05) is 43.3 Å². The first-order valence-electron chi connectivity index (χ1n) is 6.25. The molecule has 0 heteroatoms. The van der Waals surface area contributed by atoms with Crippen molar-refractivity contribution in [2.24, 2.45) is 5.92 Å². The van der Waals surface area contributed by atoms with Crippen LogP contribution in [0.3, 0.4) is 0 Å². The normalized spacial score (nSPS) is 27.6. The highest BCUT2D eigenvalue weighted by Crippen LogP contribution is 2.46. The number of hydrogen-bond acceptors (Lipinski definition) is 0. The van der Waals surface area contributed by atoms with Crippen LogP contribution in [0.4, 0.5) is 0 Å². The maximum Gasteiger partial charge on any atom is -0.00898 e. The van der Waals surface area contributed by atoms with Crippen LogP contribution < -0.4 is 0 Å². The number of rotatable bonds is 0. The molecule has 0 saturated carbocycles. The maximum absolute atomic E-state index is 2.38. The molecule has 2 unspecified atom stereocenters. The van der Waals surface area contributed by atoms with Crippen molar-refractivity contribution in [2.75, 3.05) is 0 Å². The second kappa shape index (κ2) is 3.62. The Kier molecular flexibility index (Phi) is 2.24. The number of benzene rings is 1. The van der Waals surface area contributed by atoms with Crippen LogP contribution in [0.1, 0.15) is 43.7 Å². The molecule has 2 aliphatic rings. The fourth-order valence-corrected chi connectivity index (χ4v) is 3.30. The van der Waals surface area contributed by atoms with Gasteiger partial charge in [-0.3, -0.25) is 0 Å². The van der Waals surface area contributed by atoms with E-state index in [-0.39, 0.29) is 0 Å². The topological polar surface area (TPSA) is 0 Å². The molecule has 0 radical (unpaired) electrons. The van der Waals surface area contributed by atoms with Gasteiger partial charge >= 0.3 is 0 Å². The summed E-state index contributed by atoms with van der Waals surface area (Å²) in [6, 6.07) is 8.90. The Morgan fingerprint density at radius 2 is 2.00 bits per heavy atom. The number of allylic oxidation sites excluding steroid dienone is 4. The lowest BCUT2D eigenvalue weighted by Crippen LogP contribution is -2.20. The smallest absolute Gasteiger partial charge is 0.00898 e. The summed E-state index contributed by atoms with van der Waals surface area (Å²) in [6.07, 6.45) is 7.25. The van der Waals surface area contributed by atoms with Gasteiger partial charge in [-0.25, -0.2) is 0 Å². The minimum Gasteiger partial charge on any atom is -0.0842 e. The second-order valence-electron chi connectivity index (χ2n) is 5.04. The van der Waals surface area contributed by atoms with E-state index in [1.54, 1.807) is 11.1 Å². The lowest BCUT2D eigenvalue weighted by molar-refractivity contribution is 0.474. The first-order chi connectivity index (χ1) is 7.79. The molecule has 1 aromatic rings. The maximum atomic E-state index is 2.38. The van der Waals surface area contributed by atoms with Gasteiger partial charge in [0.25, 0.3) is 0 Å². The van der Waals surface area contributed by atoms with Crippen molar-refractivity contribution in [2.45, 2.75) is 32.6 Å². The molecule has 0 heterocycles. The van der Waals surface area contributed by atoms with E-state index in [4.69, 9.17) is 0 Å². The van der Waals surface area contributed by atoms with Crippen molar-refractivity contribution in [1.29, 1.82) is 0 Å². The summed E-state index contributed by atoms with van der Waals surface area (Å²) in [5.41, 5.74) is 6.09. The molecule has 0 amide bonds. The van der Waals surface area contributed by atoms with E-state index in [1.807, 2.05) is 0 Å². The summed E-state index contributed by atoms with van der Waals surface area (Å²) in [5, 5.41) is 0. The van der Waals surface area contributed by atoms with Crippen LogP contribution in [0.5, 0.6) is 0 Å². The highest BCUT2D eigenvalue weighted by atomic mass is 14.3. The Labute approximate surface area is 97.7 Å². The molecular formula is C16H18. The van der Waals surface area contributed by atoms with Crippen LogP contribution in [0.2, 0.25) is 0 Å². The summed E-state index contributed by atoms with van der Waals surface area (Å²) in [7, 11) is 0. The second-order valence-corrected chi connectivity index (χ2v) is 5.04. The van der Waals surface area contributed by atoms with E-state index in [2.05, 4.69) is 50.3 Å². The average molecular weight is 210 g/mol. The highest BCUT2D eigenvalue weighted by molar-refractivity contribution is 5.75. The van der Waals surface area contributed by atoms with Gasteiger partial charge in [-0.05, 0) is 53.9 Å². The van der Waals surface area contributed by atoms with E-state index in [9.17, 15) is 0 Å². The lowest BCUT2D eigenvalue weighted by Gasteiger charge is -2.35. The predicted octanol–water partition coefficient (Wildman–Crippen LogP) is 4.54. The van der Waals surface area contributed by atoms with Crippen LogP contribution >= 0.6 is 0 Å². The summed E-state index contributed by atoms with van der Waals surface area (Å²) in [4.78, 5) is 0. The monoisotopic (exact) mass is 210 g/mol. The van der Waals surface area contributed by atoms with Gasteiger partial charge < -0.3 is 0 Å². The van der Waals surface area contributed by atoms with E-state index < -0.39 is 0 Å². The van der Waals surface area contributed by atoms with E-state index in [1.165, 1.54) is 24.0 Å². The largest absolute Gasteiger partial charge is 0.0842 e. The predicted molar refractivity (Wildman–Crippen MR) is 69.3 cm³/mol. The molecule has 16 heavy (non-hydrogen) atoms. The van der Waals surface area contributed by atoms with Gasteiger partial charge in [0.2, 0.25) is 0 Å². The molecule has 0 aromatic heterocycles. The van der Waals surface area contributed by atoms with Gasteiger partial charge in [0.05, 0.1) is 0 Å². The summed E-state index contributed by atoms with van der Waals surface area (Å²) in [6.45, 7) is 4.66. The molecule has 0 spiro atoms. The zero-order valence-electron chi connectivity index (χ0n) is 10.0. The zero-order chi connectivity index (χ0) is 11.1. The molecular weight excluding hydrogens is 192 g/mol. The summed E-state index contributed by atoms with van der Waals surface area (Å²) < 4.78 is 0. The van der Waals surface area contributed by atoms with Crippen LogP contribution in [0.15, 0.2) is 42.0 Å². The number of fused-ring (bicyclic) bond motifs is 2. The molecule has 0 nitrogen and oxygen atoms in total. The zero-order valence-corrected chi connectivity index (χ0v) is 10.0. The van der Waals surface area contributed by atoms with Crippen molar-refractivity contribution < 1.29 is 0 Å². The van der Waals surface area contributed by atoms with Crippen LogP contribution in [0, 0.1) is 5.92 Å².